The van der Waals surface area contributed by atoms with Gasteiger partial charge in [-0.05, 0) is 42.7 Å². The lowest BCUT2D eigenvalue weighted by molar-refractivity contribution is -0.348. The molecule has 4 nitrogen and oxygen atoms in total. The Morgan fingerprint density at radius 3 is 2.13 bits per heavy atom. The zero-order chi connectivity index (χ0) is 22.9. The fourth-order valence-electron chi connectivity index (χ4n) is 2.78. The van der Waals surface area contributed by atoms with Gasteiger partial charge < -0.3 is 5.32 Å². The van der Waals surface area contributed by atoms with Crippen molar-refractivity contribution in [1.29, 1.82) is 5.26 Å². The van der Waals surface area contributed by atoms with Crippen LogP contribution in [0.25, 0.3) is 0 Å². The second-order valence-corrected chi connectivity index (χ2v) is 6.33. The lowest BCUT2D eigenvalue weighted by atomic mass is 9.89. The van der Waals surface area contributed by atoms with E-state index in [1.165, 1.54) is 19.1 Å². The van der Waals surface area contributed by atoms with E-state index in [9.17, 15) is 35.5 Å². The van der Waals surface area contributed by atoms with Crippen LogP contribution in [0.1, 0.15) is 39.7 Å². The van der Waals surface area contributed by atoms with E-state index in [-0.39, 0.29) is 34.5 Å². The van der Waals surface area contributed by atoms with Crippen LogP contribution in [0.2, 0.25) is 0 Å². The minimum Gasteiger partial charge on any atom is -0.321 e. The van der Waals surface area contributed by atoms with Gasteiger partial charge in [0.25, 0.3) is 5.91 Å². The summed E-state index contributed by atoms with van der Waals surface area (Å²) in [6.07, 6.45) is -11.5. The van der Waals surface area contributed by atoms with Crippen molar-refractivity contribution in [3.63, 3.8) is 0 Å². The van der Waals surface area contributed by atoms with Crippen LogP contribution in [0.3, 0.4) is 0 Å². The standard InChI is InChI=1S/C19H14F7N3O/c1-3-11-7-13(17(20,18(21,22)23)19(24,25)26)6-10(2)15(11)29-16(30)12-4-5-14(8-27)28-9-12/h4-7,9H,3H2,1-2H3,(H,29,30). The van der Waals surface area contributed by atoms with Gasteiger partial charge in [0, 0.05) is 17.4 Å². The SMILES string of the molecule is CCc1cc(C(F)(C(F)(F)F)C(F)(F)F)cc(C)c1NC(=O)c1ccc(C#N)nc1. The number of aryl methyl sites for hydroxylation is 2. The number of anilines is 1. The highest BCUT2D eigenvalue weighted by Gasteiger charge is 2.73. The average Bonchev–Trinajstić information content (AvgIpc) is 2.66. The molecule has 0 bridgehead atoms. The molecule has 0 radical (unpaired) electrons. The maximum atomic E-state index is 14.4. The van der Waals surface area contributed by atoms with E-state index < -0.39 is 29.5 Å². The van der Waals surface area contributed by atoms with E-state index in [0.717, 1.165) is 13.1 Å². The number of nitrogens with zero attached hydrogens (tertiary/aromatic N) is 2. The highest BCUT2D eigenvalue weighted by Crippen LogP contribution is 2.53. The summed E-state index contributed by atoms with van der Waals surface area (Å²) in [5.41, 5.74) is -7.47. The summed E-state index contributed by atoms with van der Waals surface area (Å²) in [7, 11) is 0. The molecule has 0 aliphatic heterocycles. The van der Waals surface area contributed by atoms with Crippen molar-refractivity contribution in [2.24, 2.45) is 0 Å². The number of alkyl halides is 7. The summed E-state index contributed by atoms with van der Waals surface area (Å²) in [6, 6.07) is 5.14. The zero-order valence-electron chi connectivity index (χ0n) is 15.5. The maximum absolute atomic E-state index is 14.4. The first-order chi connectivity index (χ1) is 13.8. The molecule has 1 amide bonds. The van der Waals surface area contributed by atoms with Crippen molar-refractivity contribution in [2.75, 3.05) is 5.32 Å². The lowest BCUT2D eigenvalue weighted by Crippen LogP contribution is -2.50. The van der Waals surface area contributed by atoms with Gasteiger partial charge >= 0.3 is 18.0 Å². The normalized spacial score (nSPS) is 12.4. The molecular formula is C19H14F7N3O. The summed E-state index contributed by atoms with van der Waals surface area (Å²) < 4.78 is 92.7. The van der Waals surface area contributed by atoms with Gasteiger partial charge in [0.1, 0.15) is 11.8 Å². The van der Waals surface area contributed by atoms with Crippen molar-refractivity contribution in [3.05, 3.63) is 58.4 Å². The molecule has 2 rings (SSSR count). The molecule has 0 spiro atoms. The second kappa shape index (κ2) is 7.93. The first-order valence-corrected chi connectivity index (χ1v) is 8.40. The molecule has 0 atom stereocenters. The predicted octanol–water partition coefficient (Wildman–Crippen LogP) is 5.37. The van der Waals surface area contributed by atoms with Crippen molar-refractivity contribution < 1.29 is 35.5 Å². The maximum Gasteiger partial charge on any atom is 0.435 e. The molecular weight excluding hydrogens is 419 g/mol. The Kier molecular flexibility index (Phi) is 6.11. The van der Waals surface area contributed by atoms with E-state index in [0.29, 0.717) is 12.1 Å². The lowest BCUT2D eigenvalue weighted by Gasteiger charge is -2.31. The molecule has 1 aromatic carbocycles. The third-order valence-corrected chi connectivity index (χ3v) is 4.36. The highest BCUT2D eigenvalue weighted by molar-refractivity contribution is 6.05. The van der Waals surface area contributed by atoms with Gasteiger partial charge in [0.05, 0.1) is 5.56 Å². The van der Waals surface area contributed by atoms with Gasteiger partial charge in [-0.15, -0.1) is 0 Å². The number of halogens is 7. The van der Waals surface area contributed by atoms with Crippen molar-refractivity contribution in [3.8, 4) is 6.07 Å². The van der Waals surface area contributed by atoms with E-state index in [4.69, 9.17) is 5.26 Å². The molecule has 0 saturated carbocycles. The van der Waals surface area contributed by atoms with E-state index in [1.54, 1.807) is 6.07 Å². The smallest absolute Gasteiger partial charge is 0.321 e. The zero-order valence-corrected chi connectivity index (χ0v) is 15.5. The number of nitrogens with one attached hydrogen (secondary N) is 1. The second-order valence-electron chi connectivity index (χ2n) is 6.33. The monoisotopic (exact) mass is 433 g/mol. The summed E-state index contributed by atoms with van der Waals surface area (Å²) in [4.78, 5) is 16.1. The number of hydrogen-bond acceptors (Lipinski definition) is 3. The molecule has 2 aromatic rings. The van der Waals surface area contributed by atoms with Crippen LogP contribution in [-0.4, -0.2) is 23.2 Å². The fourth-order valence-corrected chi connectivity index (χ4v) is 2.78. The summed E-state index contributed by atoms with van der Waals surface area (Å²) in [6.45, 7) is 2.58. The number of amides is 1. The van der Waals surface area contributed by atoms with Crippen LogP contribution in [0, 0.1) is 18.3 Å². The first kappa shape index (κ1) is 23.1. The molecule has 0 fully saturated rings. The molecule has 11 heteroatoms. The number of carbonyl (C=O) groups excluding carboxylic acids is 1. The minimum atomic E-state index is -6.23. The van der Waals surface area contributed by atoms with Gasteiger partial charge in [-0.25, -0.2) is 9.37 Å². The fraction of sp³-hybridized carbons (Fsp3) is 0.316. The largest absolute Gasteiger partial charge is 0.435 e. The Labute approximate surface area is 166 Å². The van der Waals surface area contributed by atoms with Crippen molar-refractivity contribution in [1.82, 2.24) is 4.98 Å². The van der Waals surface area contributed by atoms with Gasteiger partial charge in [-0.2, -0.15) is 31.6 Å². The molecule has 1 N–H and O–H groups in total. The Hall–Kier alpha value is -3.16. The number of hydrogen-bond donors (Lipinski definition) is 1. The Balaban J connectivity index is 2.52. The van der Waals surface area contributed by atoms with Crippen molar-refractivity contribution >= 4 is 11.6 Å². The number of aromatic nitrogens is 1. The Morgan fingerprint density at radius 2 is 1.70 bits per heavy atom. The molecule has 0 aliphatic rings. The highest BCUT2D eigenvalue weighted by atomic mass is 19.4. The first-order valence-electron chi connectivity index (χ1n) is 8.40. The third kappa shape index (κ3) is 4.08. The molecule has 30 heavy (non-hydrogen) atoms. The van der Waals surface area contributed by atoms with E-state index in [2.05, 4.69) is 10.3 Å². The van der Waals surface area contributed by atoms with Crippen LogP contribution in [0.15, 0.2) is 30.5 Å². The number of nitriles is 1. The van der Waals surface area contributed by atoms with E-state index in [1.807, 2.05) is 0 Å². The van der Waals surface area contributed by atoms with E-state index >= 15 is 0 Å². The number of carbonyl (C=O) groups is 1. The van der Waals surface area contributed by atoms with Gasteiger partial charge in [0.15, 0.2) is 0 Å². The van der Waals surface area contributed by atoms with Crippen molar-refractivity contribution in [2.45, 2.75) is 38.3 Å². The van der Waals surface area contributed by atoms with Crippen LogP contribution in [-0.2, 0) is 12.1 Å². The molecule has 0 saturated heterocycles. The average molecular weight is 433 g/mol. The number of rotatable bonds is 4. The Bertz CT molecular complexity index is 975. The number of pyridine rings is 1. The van der Waals surface area contributed by atoms with Crippen LogP contribution in [0.5, 0.6) is 0 Å². The van der Waals surface area contributed by atoms with Crippen LogP contribution in [0.4, 0.5) is 36.4 Å². The molecule has 1 aromatic heterocycles. The molecule has 160 valence electrons. The van der Waals surface area contributed by atoms with Crippen LogP contribution >= 0.6 is 0 Å². The van der Waals surface area contributed by atoms with Crippen LogP contribution < -0.4 is 5.32 Å². The van der Waals surface area contributed by atoms with Gasteiger partial charge in [-0.1, -0.05) is 13.0 Å². The molecule has 0 unspecified atom stereocenters. The van der Waals surface area contributed by atoms with Gasteiger partial charge in [0.2, 0.25) is 0 Å². The minimum absolute atomic E-state index is 0.00458. The quantitative estimate of drug-likeness (QED) is 0.660. The predicted molar refractivity (Wildman–Crippen MR) is 92.4 cm³/mol. The number of benzene rings is 1. The summed E-state index contributed by atoms with van der Waals surface area (Å²) in [5.74, 6) is -0.754. The molecule has 1 heterocycles. The summed E-state index contributed by atoms with van der Waals surface area (Å²) in [5, 5.41) is 11.1. The Morgan fingerprint density at radius 1 is 1.10 bits per heavy atom. The molecule has 0 aliphatic carbocycles. The van der Waals surface area contributed by atoms with Gasteiger partial charge in [-0.3, -0.25) is 4.79 Å². The summed E-state index contributed by atoms with van der Waals surface area (Å²) >= 11 is 0. The topological polar surface area (TPSA) is 65.8 Å². The third-order valence-electron chi connectivity index (χ3n) is 4.36.